The summed E-state index contributed by atoms with van der Waals surface area (Å²) in [5.74, 6) is 0. The Morgan fingerprint density at radius 3 is 2.27 bits per heavy atom. The van der Waals surface area contributed by atoms with Gasteiger partial charge in [-0.05, 0) is 12.1 Å². The first-order valence-corrected chi connectivity index (χ1v) is 5.75. The maximum atomic E-state index is 11.1. The first-order valence-electron chi connectivity index (χ1n) is 3.82. The van der Waals surface area contributed by atoms with Gasteiger partial charge in [0.15, 0.2) is 0 Å². The molecule has 80 valence electrons. The SMILES string of the molecule is NS(=O)(=O)c1cc2[nH]c(=O)[nH]c2cc1Cl. The molecule has 6 nitrogen and oxygen atoms in total. The Kier molecular flexibility index (Phi) is 2.10. The number of nitrogens with one attached hydrogen (secondary N) is 2. The molecule has 1 aromatic carbocycles. The van der Waals surface area contributed by atoms with E-state index >= 15 is 0 Å². The zero-order valence-corrected chi connectivity index (χ0v) is 8.82. The second-order valence-corrected chi connectivity index (χ2v) is 4.89. The summed E-state index contributed by atoms with van der Waals surface area (Å²) in [5, 5.41) is 4.91. The predicted octanol–water partition coefficient (Wildman–Crippen LogP) is 0.157. The molecular weight excluding hydrogens is 242 g/mol. The van der Waals surface area contributed by atoms with Crippen molar-refractivity contribution in [1.29, 1.82) is 0 Å². The van der Waals surface area contributed by atoms with Crippen molar-refractivity contribution in [3.63, 3.8) is 0 Å². The second-order valence-electron chi connectivity index (χ2n) is 2.95. The molecule has 4 N–H and O–H groups in total. The molecule has 0 amide bonds. The maximum absolute atomic E-state index is 11.1. The summed E-state index contributed by atoms with van der Waals surface area (Å²) in [7, 11) is -3.88. The lowest BCUT2D eigenvalue weighted by Crippen LogP contribution is -2.12. The van der Waals surface area contributed by atoms with Gasteiger partial charge >= 0.3 is 5.69 Å². The van der Waals surface area contributed by atoms with Crippen molar-refractivity contribution in [2.24, 2.45) is 5.14 Å². The summed E-state index contributed by atoms with van der Waals surface area (Å²) in [6.07, 6.45) is 0. The van der Waals surface area contributed by atoms with Gasteiger partial charge in [-0.2, -0.15) is 0 Å². The summed E-state index contributed by atoms with van der Waals surface area (Å²) in [6.45, 7) is 0. The van der Waals surface area contributed by atoms with E-state index in [0.717, 1.165) is 0 Å². The third kappa shape index (κ3) is 1.76. The van der Waals surface area contributed by atoms with E-state index in [1.165, 1.54) is 12.1 Å². The van der Waals surface area contributed by atoms with Crippen molar-refractivity contribution >= 4 is 32.7 Å². The number of sulfonamides is 1. The fourth-order valence-electron chi connectivity index (χ4n) is 1.25. The lowest BCUT2D eigenvalue weighted by atomic mass is 10.3. The number of nitrogens with two attached hydrogens (primary N) is 1. The summed E-state index contributed by atoms with van der Waals surface area (Å²) in [6, 6.07) is 2.54. The Labute approximate surface area is 89.1 Å². The molecule has 0 saturated carbocycles. The van der Waals surface area contributed by atoms with Crippen LogP contribution in [-0.2, 0) is 10.0 Å². The molecule has 0 aliphatic rings. The van der Waals surface area contributed by atoms with E-state index in [0.29, 0.717) is 11.0 Å². The predicted molar refractivity (Wildman–Crippen MR) is 55.3 cm³/mol. The minimum atomic E-state index is -3.88. The van der Waals surface area contributed by atoms with Crippen molar-refractivity contribution in [2.45, 2.75) is 4.90 Å². The van der Waals surface area contributed by atoms with Gasteiger partial charge in [0.05, 0.1) is 16.1 Å². The highest BCUT2D eigenvalue weighted by atomic mass is 35.5. The molecule has 2 aromatic rings. The van der Waals surface area contributed by atoms with Gasteiger partial charge in [0, 0.05) is 0 Å². The van der Waals surface area contributed by atoms with Crippen LogP contribution in [0.3, 0.4) is 0 Å². The quantitative estimate of drug-likeness (QED) is 0.668. The fourth-order valence-corrected chi connectivity index (χ4v) is 2.35. The minimum absolute atomic E-state index is 0.0275. The van der Waals surface area contributed by atoms with Crippen molar-refractivity contribution in [2.75, 3.05) is 0 Å². The summed E-state index contributed by atoms with van der Waals surface area (Å²) in [5.41, 5.74) is 0.332. The smallest absolute Gasteiger partial charge is 0.306 e. The van der Waals surface area contributed by atoms with Crippen LogP contribution in [0.5, 0.6) is 0 Å². The van der Waals surface area contributed by atoms with Gasteiger partial charge in [0.2, 0.25) is 10.0 Å². The van der Waals surface area contributed by atoms with Crippen molar-refractivity contribution in [3.05, 3.63) is 27.6 Å². The number of aromatic nitrogens is 2. The summed E-state index contributed by atoms with van der Waals surface area (Å²) >= 11 is 5.70. The molecule has 0 saturated heterocycles. The molecular formula is C7H6ClN3O3S. The number of aromatic amines is 2. The molecule has 0 aliphatic heterocycles. The number of benzene rings is 1. The van der Waals surface area contributed by atoms with Crippen LogP contribution in [0.25, 0.3) is 11.0 Å². The second kappa shape index (κ2) is 3.09. The lowest BCUT2D eigenvalue weighted by molar-refractivity contribution is 0.598. The normalized spacial score (nSPS) is 12.1. The lowest BCUT2D eigenvalue weighted by Gasteiger charge is -2.00. The number of primary sulfonamides is 1. The Morgan fingerprint density at radius 1 is 1.20 bits per heavy atom. The van der Waals surface area contributed by atoms with Crippen LogP contribution in [0.1, 0.15) is 0 Å². The molecule has 0 radical (unpaired) electrons. The third-order valence-electron chi connectivity index (χ3n) is 1.87. The fraction of sp³-hybridized carbons (Fsp3) is 0. The van der Waals surface area contributed by atoms with Crippen LogP contribution in [0, 0.1) is 0 Å². The monoisotopic (exact) mass is 247 g/mol. The van der Waals surface area contributed by atoms with E-state index in [1.54, 1.807) is 0 Å². The van der Waals surface area contributed by atoms with Crippen LogP contribution in [0.4, 0.5) is 0 Å². The third-order valence-corrected chi connectivity index (χ3v) is 3.25. The minimum Gasteiger partial charge on any atom is -0.306 e. The standard InChI is InChI=1S/C7H6ClN3O3S/c8-3-1-4-5(11-7(12)10-4)2-6(3)15(9,13)14/h1-2H,(H2,9,13,14)(H2,10,11,12). The molecule has 0 atom stereocenters. The summed E-state index contributed by atoms with van der Waals surface area (Å²) in [4.78, 5) is 15.6. The average Bonchev–Trinajstić information content (AvgIpc) is 2.40. The highest BCUT2D eigenvalue weighted by Gasteiger charge is 2.14. The van der Waals surface area contributed by atoms with Gasteiger partial charge in [-0.1, -0.05) is 11.6 Å². The van der Waals surface area contributed by atoms with Gasteiger partial charge < -0.3 is 9.97 Å². The zero-order chi connectivity index (χ0) is 11.2. The molecule has 0 aliphatic carbocycles. The number of hydrogen-bond acceptors (Lipinski definition) is 3. The largest absolute Gasteiger partial charge is 0.323 e. The Hall–Kier alpha value is -1.31. The van der Waals surface area contributed by atoms with Crippen LogP contribution in [0.2, 0.25) is 5.02 Å². The number of fused-ring (bicyclic) bond motifs is 1. The Morgan fingerprint density at radius 2 is 1.73 bits per heavy atom. The van der Waals surface area contributed by atoms with Crippen molar-refractivity contribution in [1.82, 2.24) is 9.97 Å². The van der Waals surface area contributed by atoms with E-state index in [1.807, 2.05) is 0 Å². The van der Waals surface area contributed by atoms with Gasteiger partial charge in [-0.15, -0.1) is 0 Å². The van der Waals surface area contributed by atoms with Crippen LogP contribution < -0.4 is 10.8 Å². The van der Waals surface area contributed by atoms with E-state index in [-0.39, 0.29) is 9.92 Å². The molecule has 2 rings (SSSR count). The number of rotatable bonds is 1. The Bertz CT molecular complexity index is 685. The van der Waals surface area contributed by atoms with Crippen molar-refractivity contribution < 1.29 is 8.42 Å². The highest BCUT2D eigenvalue weighted by molar-refractivity contribution is 7.89. The number of hydrogen-bond donors (Lipinski definition) is 3. The van der Waals surface area contributed by atoms with Gasteiger partial charge in [-0.25, -0.2) is 18.4 Å². The molecule has 8 heteroatoms. The highest BCUT2D eigenvalue weighted by Crippen LogP contribution is 2.23. The number of H-pyrrole nitrogens is 2. The molecule has 1 heterocycles. The zero-order valence-electron chi connectivity index (χ0n) is 7.24. The summed E-state index contributed by atoms with van der Waals surface area (Å²) < 4.78 is 22.2. The molecule has 1 aromatic heterocycles. The van der Waals surface area contributed by atoms with E-state index < -0.39 is 15.7 Å². The number of imidazole rings is 1. The molecule has 0 spiro atoms. The van der Waals surface area contributed by atoms with Crippen LogP contribution >= 0.6 is 11.6 Å². The molecule has 0 bridgehead atoms. The van der Waals surface area contributed by atoms with Gasteiger partial charge in [-0.3, -0.25) is 0 Å². The van der Waals surface area contributed by atoms with Gasteiger partial charge in [0.25, 0.3) is 0 Å². The van der Waals surface area contributed by atoms with E-state index in [2.05, 4.69) is 9.97 Å². The van der Waals surface area contributed by atoms with E-state index in [4.69, 9.17) is 16.7 Å². The maximum Gasteiger partial charge on any atom is 0.323 e. The molecule has 0 fully saturated rings. The molecule has 0 unspecified atom stereocenters. The van der Waals surface area contributed by atoms with Gasteiger partial charge in [0.1, 0.15) is 4.90 Å². The van der Waals surface area contributed by atoms with Crippen LogP contribution in [-0.4, -0.2) is 18.4 Å². The van der Waals surface area contributed by atoms with Crippen molar-refractivity contribution in [3.8, 4) is 0 Å². The topological polar surface area (TPSA) is 109 Å². The molecule has 15 heavy (non-hydrogen) atoms. The Balaban J connectivity index is 2.89. The first kappa shape index (κ1) is 10.2. The average molecular weight is 248 g/mol. The first-order chi connectivity index (χ1) is 6.88. The number of halogens is 1. The van der Waals surface area contributed by atoms with E-state index in [9.17, 15) is 13.2 Å². The van der Waals surface area contributed by atoms with Crippen LogP contribution in [0.15, 0.2) is 21.8 Å².